The van der Waals surface area contributed by atoms with Crippen molar-refractivity contribution in [1.29, 1.82) is 0 Å². The number of aromatic nitrogens is 1. The van der Waals surface area contributed by atoms with E-state index in [1.807, 2.05) is 6.20 Å². The molecule has 0 aromatic carbocycles. The molecule has 2 aliphatic rings. The summed E-state index contributed by atoms with van der Waals surface area (Å²) in [5.74, 6) is 0. The van der Waals surface area contributed by atoms with E-state index in [-0.39, 0.29) is 12.2 Å². The van der Waals surface area contributed by atoms with E-state index in [1.165, 1.54) is 24.1 Å². The van der Waals surface area contributed by atoms with Gasteiger partial charge in [0.15, 0.2) is 0 Å². The van der Waals surface area contributed by atoms with Crippen molar-refractivity contribution in [1.82, 2.24) is 10.3 Å². The number of anilines is 1. The molecule has 20 heavy (non-hydrogen) atoms. The van der Waals surface area contributed by atoms with Gasteiger partial charge >= 0.3 is 0 Å². The Kier molecular flexibility index (Phi) is 3.94. The van der Waals surface area contributed by atoms with E-state index in [0.717, 1.165) is 31.4 Å². The van der Waals surface area contributed by atoms with Gasteiger partial charge in [0.05, 0.1) is 12.2 Å². The van der Waals surface area contributed by atoms with Gasteiger partial charge in [0.1, 0.15) is 0 Å². The van der Waals surface area contributed by atoms with Crippen LogP contribution in [0.4, 0.5) is 5.69 Å². The lowest BCUT2D eigenvalue weighted by Gasteiger charge is -2.38. The third kappa shape index (κ3) is 3.30. The molecule has 2 heterocycles. The van der Waals surface area contributed by atoms with E-state index in [1.54, 1.807) is 0 Å². The fourth-order valence-electron chi connectivity index (χ4n) is 2.92. The van der Waals surface area contributed by atoms with Gasteiger partial charge in [-0.15, -0.1) is 0 Å². The molecule has 1 saturated carbocycles. The third-order valence-electron chi connectivity index (χ3n) is 4.02. The number of nitrogens with one attached hydrogen (secondary N) is 1. The predicted molar refractivity (Wildman–Crippen MR) is 81.1 cm³/mol. The molecule has 3 rings (SSSR count). The molecule has 4 heteroatoms. The zero-order chi connectivity index (χ0) is 14.1. The van der Waals surface area contributed by atoms with Crippen LogP contribution in [0.2, 0.25) is 0 Å². The Morgan fingerprint density at radius 1 is 1.30 bits per heavy atom. The molecule has 1 aliphatic heterocycles. The van der Waals surface area contributed by atoms with Crippen molar-refractivity contribution in [3.8, 4) is 0 Å². The SMILES string of the molecule is Cc1cc(N2C[C@@H](C)O[C@@H](C)C2)c(CNC2CC2)cn1. The maximum Gasteiger partial charge on any atom is 0.0726 e. The highest BCUT2D eigenvalue weighted by molar-refractivity contribution is 5.54. The summed E-state index contributed by atoms with van der Waals surface area (Å²) in [5.41, 5.74) is 3.72. The van der Waals surface area contributed by atoms with Crippen molar-refractivity contribution in [2.75, 3.05) is 18.0 Å². The number of hydrogen-bond acceptors (Lipinski definition) is 4. The fraction of sp³-hybridized carbons (Fsp3) is 0.688. The highest BCUT2D eigenvalue weighted by Gasteiger charge is 2.25. The minimum atomic E-state index is 0.288. The summed E-state index contributed by atoms with van der Waals surface area (Å²) in [6.07, 6.45) is 5.25. The molecular weight excluding hydrogens is 250 g/mol. The molecule has 0 unspecified atom stereocenters. The van der Waals surface area contributed by atoms with Crippen LogP contribution in [-0.4, -0.2) is 36.3 Å². The maximum atomic E-state index is 5.84. The average Bonchev–Trinajstić information content (AvgIpc) is 3.20. The molecule has 0 spiro atoms. The van der Waals surface area contributed by atoms with Crippen LogP contribution in [0.3, 0.4) is 0 Å². The van der Waals surface area contributed by atoms with Crippen molar-refractivity contribution < 1.29 is 4.74 Å². The Labute approximate surface area is 121 Å². The molecule has 1 aromatic heterocycles. The minimum Gasteiger partial charge on any atom is -0.372 e. The van der Waals surface area contributed by atoms with Crippen molar-refractivity contribution >= 4 is 5.69 Å². The van der Waals surface area contributed by atoms with E-state index in [9.17, 15) is 0 Å². The van der Waals surface area contributed by atoms with Crippen molar-refractivity contribution in [3.63, 3.8) is 0 Å². The van der Waals surface area contributed by atoms with Crippen LogP contribution >= 0.6 is 0 Å². The highest BCUT2D eigenvalue weighted by atomic mass is 16.5. The molecule has 0 bridgehead atoms. The quantitative estimate of drug-likeness (QED) is 0.914. The van der Waals surface area contributed by atoms with Crippen LogP contribution in [-0.2, 0) is 11.3 Å². The van der Waals surface area contributed by atoms with Gasteiger partial charge in [0, 0.05) is 48.8 Å². The summed E-state index contributed by atoms with van der Waals surface area (Å²) in [4.78, 5) is 6.93. The lowest BCUT2D eigenvalue weighted by molar-refractivity contribution is -0.00527. The van der Waals surface area contributed by atoms with Crippen LogP contribution in [0, 0.1) is 6.92 Å². The van der Waals surface area contributed by atoms with Gasteiger partial charge in [-0.25, -0.2) is 0 Å². The molecule has 0 amide bonds. The Morgan fingerprint density at radius 2 is 2.00 bits per heavy atom. The average molecular weight is 275 g/mol. The summed E-state index contributed by atoms with van der Waals surface area (Å²) in [7, 11) is 0. The smallest absolute Gasteiger partial charge is 0.0726 e. The minimum absolute atomic E-state index is 0.288. The van der Waals surface area contributed by atoms with E-state index >= 15 is 0 Å². The summed E-state index contributed by atoms with van der Waals surface area (Å²) in [5, 5.41) is 3.60. The van der Waals surface area contributed by atoms with E-state index in [2.05, 4.69) is 42.0 Å². The van der Waals surface area contributed by atoms with Gasteiger partial charge < -0.3 is 15.0 Å². The van der Waals surface area contributed by atoms with Gasteiger partial charge in [0.25, 0.3) is 0 Å². The topological polar surface area (TPSA) is 37.4 Å². The summed E-state index contributed by atoms with van der Waals surface area (Å²) >= 11 is 0. The predicted octanol–water partition coefficient (Wildman–Crippen LogP) is 2.26. The van der Waals surface area contributed by atoms with Gasteiger partial charge in [-0.2, -0.15) is 0 Å². The van der Waals surface area contributed by atoms with Crippen LogP contribution in [0.5, 0.6) is 0 Å². The third-order valence-corrected chi connectivity index (χ3v) is 4.02. The van der Waals surface area contributed by atoms with Gasteiger partial charge in [0.2, 0.25) is 0 Å². The van der Waals surface area contributed by atoms with E-state index in [4.69, 9.17) is 4.74 Å². The first-order valence-electron chi connectivity index (χ1n) is 7.71. The zero-order valence-electron chi connectivity index (χ0n) is 12.7. The van der Waals surface area contributed by atoms with Gasteiger partial charge in [-0.3, -0.25) is 4.98 Å². The number of pyridine rings is 1. The molecule has 4 nitrogen and oxygen atoms in total. The first kappa shape index (κ1) is 13.8. The number of rotatable bonds is 4. The molecule has 2 fully saturated rings. The molecule has 1 aliphatic carbocycles. The van der Waals surface area contributed by atoms with E-state index < -0.39 is 0 Å². The maximum absolute atomic E-state index is 5.84. The number of nitrogens with zero attached hydrogens (tertiary/aromatic N) is 2. The molecule has 1 saturated heterocycles. The second kappa shape index (κ2) is 5.70. The highest BCUT2D eigenvalue weighted by Crippen LogP contribution is 2.26. The Morgan fingerprint density at radius 3 is 2.65 bits per heavy atom. The summed E-state index contributed by atoms with van der Waals surface area (Å²) < 4.78 is 5.84. The van der Waals surface area contributed by atoms with Crippen molar-refractivity contribution in [2.24, 2.45) is 0 Å². The molecular formula is C16H25N3O. The number of morpholine rings is 1. The van der Waals surface area contributed by atoms with Crippen LogP contribution in [0.25, 0.3) is 0 Å². The zero-order valence-corrected chi connectivity index (χ0v) is 12.7. The lowest BCUT2D eigenvalue weighted by atomic mass is 10.1. The van der Waals surface area contributed by atoms with Crippen molar-refractivity contribution in [2.45, 2.75) is 58.4 Å². The number of hydrogen-bond donors (Lipinski definition) is 1. The lowest BCUT2D eigenvalue weighted by Crippen LogP contribution is -2.46. The Balaban J connectivity index is 1.79. The normalized spacial score (nSPS) is 26.9. The monoisotopic (exact) mass is 275 g/mol. The largest absolute Gasteiger partial charge is 0.372 e. The second-order valence-electron chi connectivity index (χ2n) is 6.27. The second-order valence-corrected chi connectivity index (χ2v) is 6.27. The summed E-state index contributed by atoms with van der Waals surface area (Å²) in [6.45, 7) is 9.22. The standard InChI is InChI=1S/C16H25N3O/c1-11-6-16(19-9-12(2)20-13(3)10-19)14(7-17-11)8-18-15-4-5-15/h6-7,12-13,15,18H,4-5,8-10H2,1-3H3/t12-,13+. The first-order chi connectivity index (χ1) is 9.61. The molecule has 0 radical (unpaired) electrons. The number of aryl methyl sites for hydroxylation is 1. The summed E-state index contributed by atoms with van der Waals surface area (Å²) in [6, 6.07) is 2.95. The van der Waals surface area contributed by atoms with Crippen LogP contribution in [0.1, 0.15) is 37.9 Å². The van der Waals surface area contributed by atoms with Gasteiger partial charge in [-0.1, -0.05) is 0 Å². The Bertz CT molecular complexity index is 463. The van der Waals surface area contributed by atoms with Crippen LogP contribution in [0.15, 0.2) is 12.3 Å². The van der Waals surface area contributed by atoms with Gasteiger partial charge in [-0.05, 0) is 39.7 Å². The van der Waals surface area contributed by atoms with Crippen LogP contribution < -0.4 is 10.2 Å². The number of ether oxygens (including phenoxy) is 1. The molecule has 1 N–H and O–H groups in total. The first-order valence-corrected chi connectivity index (χ1v) is 7.71. The van der Waals surface area contributed by atoms with E-state index in [0.29, 0.717) is 0 Å². The molecule has 110 valence electrons. The molecule has 1 aromatic rings. The Hall–Kier alpha value is -1.13. The fourth-order valence-corrected chi connectivity index (χ4v) is 2.92. The molecule has 2 atom stereocenters. The van der Waals surface area contributed by atoms with Crippen molar-refractivity contribution in [3.05, 3.63) is 23.5 Å².